The van der Waals surface area contributed by atoms with E-state index in [4.69, 9.17) is 0 Å². The van der Waals surface area contributed by atoms with Crippen LogP contribution in [0.15, 0.2) is 24.3 Å². The summed E-state index contributed by atoms with van der Waals surface area (Å²) >= 11 is 0. The highest BCUT2D eigenvalue weighted by molar-refractivity contribution is 5.96. The summed E-state index contributed by atoms with van der Waals surface area (Å²) in [5.74, 6) is 0.196. The average molecular weight is 347 g/mol. The van der Waals surface area contributed by atoms with E-state index in [1.165, 1.54) is 5.56 Å². The Kier molecular flexibility index (Phi) is 6.78. The summed E-state index contributed by atoms with van der Waals surface area (Å²) in [6.07, 6.45) is 3.52. The van der Waals surface area contributed by atoms with Gasteiger partial charge in [0.1, 0.15) is 0 Å². The maximum atomic E-state index is 12.4. The molecule has 1 atom stereocenters. The van der Waals surface area contributed by atoms with Gasteiger partial charge in [0, 0.05) is 18.5 Å². The van der Waals surface area contributed by atoms with Gasteiger partial charge in [-0.15, -0.1) is 0 Å². The van der Waals surface area contributed by atoms with E-state index in [-0.39, 0.29) is 17.8 Å². The number of aliphatic hydroxyl groups excluding tert-OH is 1. The number of ketones is 1. The lowest BCUT2D eigenvalue weighted by Gasteiger charge is -2.24. The number of hydrogen-bond donors (Lipinski definition) is 2. The number of benzene rings is 1. The second kappa shape index (κ2) is 8.43. The molecule has 1 heterocycles. The lowest BCUT2D eigenvalue weighted by atomic mass is 9.86. The molecule has 1 aliphatic heterocycles. The van der Waals surface area contributed by atoms with Crippen LogP contribution in [-0.2, 0) is 5.41 Å². The quantitative estimate of drug-likeness (QED) is 0.776. The SMILES string of the molecule is CC(C)(C)c1ccc(C(=O)CCCN2CCC[C@@](O)(CO)CC2)cc1. The second-order valence-corrected chi connectivity index (χ2v) is 8.43. The van der Waals surface area contributed by atoms with Crippen molar-refractivity contribution in [2.45, 2.75) is 63.9 Å². The first kappa shape index (κ1) is 20.1. The zero-order chi connectivity index (χ0) is 18.5. The molecule has 0 bridgehead atoms. The molecule has 0 aromatic heterocycles. The van der Waals surface area contributed by atoms with Gasteiger partial charge in [-0.2, -0.15) is 0 Å². The molecule has 0 aliphatic carbocycles. The van der Waals surface area contributed by atoms with Crippen molar-refractivity contribution in [2.75, 3.05) is 26.2 Å². The molecule has 1 aliphatic rings. The molecule has 0 unspecified atom stereocenters. The Morgan fingerprint density at radius 1 is 1.16 bits per heavy atom. The predicted molar refractivity (Wildman–Crippen MR) is 101 cm³/mol. The summed E-state index contributed by atoms with van der Waals surface area (Å²) in [5, 5.41) is 19.5. The van der Waals surface area contributed by atoms with Crippen LogP contribution in [0.1, 0.15) is 68.8 Å². The maximum absolute atomic E-state index is 12.4. The predicted octanol–water partition coefficient (Wildman–Crippen LogP) is 3.16. The molecule has 2 rings (SSSR count). The molecular formula is C21H33NO3. The van der Waals surface area contributed by atoms with E-state index in [1.54, 1.807) is 0 Å². The van der Waals surface area contributed by atoms with Gasteiger partial charge in [0.2, 0.25) is 0 Å². The molecule has 1 fully saturated rings. The highest BCUT2D eigenvalue weighted by Gasteiger charge is 2.29. The highest BCUT2D eigenvalue weighted by atomic mass is 16.3. The second-order valence-electron chi connectivity index (χ2n) is 8.43. The summed E-state index contributed by atoms with van der Waals surface area (Å²) in [6, 6.07) is 7.99. The number of hydrogen-bond acceptors (Lipinski definition) is 4. The summed E-state index contributed by atoms with van der Waals surface area (Å²) in [5.41, 5.74) is 1.22. The first-order valence-corrected chi connectivity index (χ1v) is 9.43. The van der Waals surface area contributed by atoms with Crippen LogP contribution in [0, 0.1) is 0 Å². The van der Waals surface area contributed by atoms with E-state index in [0.717, 1.165) is 38.0 Å². The summed E-state index contributed by atoms with van der Waals surface area (Å²) in [7, 11) is 0. The van der Waals surface area contributed by atoms with Gasteiger partial charge in [0.15, 0.2) is 5.78 Å². The minimum atomic E-state index is -0.917. The molecular weight excluding hydrogens is 314 g/mol. The summed E-state index contributed by atoms with van der Waals surface area (Å²) in [6.45, 7) is 8.92. The molecule has 1 aromatic carbocycles. The van der Waals surface area contributed by atoms with Gasteiger partial charge in [-0.3, -0.25) is 4.79 Å². The van der Waals surface area contributed by atoms with Gasteiger partial charge in [-0.25, -0.2) is 0 Å². The smallest absolute Gasteiger partial charge is 0.162 e. The molecule has 140 valence electrons. The number of likely N-dealkylation sites (tertiary alicyclic amines) is 1. The highest BCUT2D eigenvalue weighted by Crippen LogP contribution is 2.23. The van der Waals surface area contributed by atoms with E-state index < -0.39 is 5.60 Å². The van der Waals surface area contributed by atoms with Gasteiger partial charge < -0.3 is 15.1 Å². The number of carbonyl (C=O) groups excluding carboxylic acids is 1. The fourth-order valence-corrected chi connectivity index (χ4v) is 3.38. The number of carbonyl (C=O) groups is 1. The van der Waals surface area contributed by atoms with Crippen LogP contribution in [0.5, 0.6) is 0 Å². The van der Waals surface area contributed by atoms with Crippen LogP contribution in [0.3, 0.4) is 0 Å². The van der Waals surface area contributed by atoms with E-state index in [1.807, 2.05) is 12.1 Å². The number of rotatable bonds is 6. The zero-order valence-corrected chi connectivity index (χ0v) is 15.9. The molecule has 0 radical (unpaired) electrons. The van der Waals surface area contributed by atoms with E-state index in [2.05, 4.69) is 37.8 Å². The van der Waals surface area contributed by atoms with E-state index in [9.17, 15) is 15.0 Å². The Morgan fingerprint density at radius 3 is 2.44 bits per heavy atom. The molecule has 4 heteroatoms. The molecule has 1 aromatic rings. The van der Waals surface area contributed by atoms with Crippen LogP contribution in [-0.4, -0.2) is 52.7 Å². The first-order valence-electron chi connectivity index (χ1n) is 9.43. The Bertz CT molecular complexity index is 561. The molecule has 0 spiro atoms. The summed E-state index contributed by atoms with van der Waals surface area (Å²) < 4.78 is 0. The first-order chi connectivity index (χ1) is 11.7. The lowest BCUT2D eigenvalue weighted by Crippen LogP contribution is -2.35. The van der Waals surface area contributed by atoms with Crippen LogP contribution < -0.4 is 0 Å². The fourth-order valence-electron chi connectivity index (χ4n) is 3.38. The van der Waals surface area contributed by atoms with Crippen molar-refractivity contribution in [1.29, 1.82) is 0 Å². The lowest BCUT2D eigenvalue weighted by molar-refractivity contribution is -0.0254. The Labute approximate surface area is 151 Å². The van der Waals surface area contributed by atoms with Crippen LogP contribution in [0.4, 0.5) is 0 Å². The summed E-state index contributed by atoms with van der Waals surface area (Å²) in [4.78, 5) is 14.7. The molecule has 0 saturated carbocycles. The van der Waals surface area contributed by atoms with E-state index >= 15 is 0 Å². The van der Waals surface area contributed by atoms with Crippen molar-refractivity contribution in [1.82, 2.24) is 4.90 Å². The normalized spacial score (nSPS) is 22.6. The third-order valence-electron chi connectivity index (χ3n) is 5.26. The Hall–Kier alpha value is -1.23. The third-order valence-corrected chi connectivity index (χ3v) is 5.26. The maximum Gasteiger partial charge on any atom is 0.162 e. The standard InChI is InChI=1S/C21H33NO3/c1-20(2,3)18-9-7-17(8-10-18)19(24)6-4-13-22-14-5-11-21(25,16-23)12-15-22/h7-10,23,25H,4-6,11-16H2,1-3H3/t21-/m0/s1. The van der Waals surface area contributed by atoms with Gasteiger partial charge in [-0.1, -0.05) is 45.0 Å². The number of nitrogens with zero attached hydrogens (tertiary/aromatic N) is 1. The number of aliphatic hydroxyl groups is 2. The third kappa shape index (κ3) is 5.91. The van der Waals surface area contributed by atoms with E-state index in [0.29, 0.717) is 19.3 Å². The Morgan fingerprint density at radius 2 is 1.84 bits per heavy atom. The van der Waals surface area contributed by atoms with Gasteiger partial charge in [0.05, 0.1) is 12.2 Å². The van der Waals surface area contributed by atoms with Crippen molar-refractivity contribution in [2.24, 2.45) is 0 Å². The van der Waals surface area contributed by atoms with Crippen LogP contribution in [0.25, 0.3) is 0 Å². The fraction of sp³-hybridized carbons (Fsp3) is 0.667. The van der Waals surface area contributed by atoms with Crippen molar-refractivity contribution in [3.05, 3.63) is 35.4 Å². The average Bonchev–Trinajstić information content (AvgIpc) is 2.77. The minimum Gasteiger partial charge on any atom is -0.393 e. The monoisotopic (exact) mass is 347 g/mol. The van der Waals surface area contributed by atoms with Crippen molar-refractivity contribution in [3.8, 4) is 0 Å². The van der Waals surface area contributed by atoms with Crippen LogP contribution in [0.2, 0.25) is 0 Å². The molecule has 0 amide bonds. The van der Waals surface area contributed by atoms with Crippen molar-refractivity contribution >= 4 is 5.78 Å². The van der Waals surface area contributed by atoms with Gasteiger partial charge in [0.25, 0.3) is 0 Å². The van der Waals surface area contributed by atoms with Crippen molar-refractivity contribution < 1.29 is 15.0 Å². The number of Topliss-reactive ketones (excluding diaryl/α,β-unsaturated/α-hetero) is 1. The molecule has 1 saturated heterocycles. The van der Waals surface area contributed by atoms with Gasteiger partial charge in [-0.05, 0) is 49.8 Å². The zero-order valence-electron chi connectivity index (χ0n) is 15.9. The minimum absolute atomic E-state index is 0.102. The molecule has 2 N–H and O–H groups in total. The topological polar surface area (TPSA) is 60.8 Å². The largest absolute Gasteiger partial charge is 0.393 e. The molecule has 25 heavy (non-hydrogen) atoms. The molecule has 4 nitrogen and oxygen atoms in total. The van der Waals surface area contributed by atoms with Crippen molar-refractivity contribution in [3.63, 3.8) is 0 Å². The van der Waals surface area contributed by atoms with Gasteiger partial charge >= 0.3 is 0 Å². The van der Waals surface area contributed by atoms with Crippen LogP contribution >= 0.6 is 0 Å². The Balaban J connectivity index is 1.79.